The number of halogens is 1. The van der Waals surface area contributed by atoms with Crippen molar-refractivity contribution in [2.24, 2.45) is 0 Å². The average Bonchev–Trinajstić information content (AvgIpc) is 2.97. The van der Waals surface area contributed by atoms with E-state index in [1.54, 1.807) is 6.07 Å². The number of nitrogens with zero attached hydrogens (tertiary/aromatic N) is 2. The van der Waals surface area contributed by atoms with E-state index >= 15 is 0 Å². The summed E-state index contributed by atoms with van der Waals surface area (Å²) < 4.78 is 28.5. The zero-order chi connectivity index (χ0) is 16.6. The van der Waals surface area contributed by atoms with Gasteiger partial charge >= 0.3 is 0 Å². The van der Waals surface area contributed by atoms with Crippen molar-refractivity contribution < 1.29 is 13.5 Å². The summed E-state index contributed by atoms with van der Waals surface area (Å²) in [5.41, 5.74) is 3.20. The topological polar surface area (TPSA) is 84.2 Å². The number of hydrogen-bond acceptors (Lipinski definition) is 4. The Morgan fingerprint density at radius 1 is 1.48 bits per heavy atom. The summed E-state index contributed by atoms with van der Waals surface area (Å²) in [6, 6.07) is 3.44. The maximum Gasteiger partial charge on any atom is 0.229 e. The quantitative estimate of drug-likeness (QED) is 0.429. The summed E-state index contributed by atoms with van der Waals surface area (Å²) >= 11 is 2.28. The van der Waals surface area contributed by atoms with Crippen LogP contribution >= 0.6 is 22.6 Å². The summed E-state index contributed by atoms with van der Waals surface area (Å²) in [5.74, 6) is 0.0938. The largest absolute Gasteiger partial charge is 0.506 e. The summed E-state index contributed by atoms with van der Waals surface area (Å²) in [7, 11) is -3.45. The van der Waals surface area contributed by atoms with Crippen LogP contribution < -0.4 is 4.72 Å². The third-order valence-electron chi connectivity index (χ3n) is 4.06. The Labute approximate surface area is 149 Å². The molecule has 0 radical (unpaired) electrons. The molecule has 0 bridgehead atoms. The average molecular weight is 447 g/mol. The Balaban J connectivity index is 2.07. The van der Waals surface area contributed by atoms with Crippen LogP contribution in [0.15, 0.2) is 24.7 Å². The fraction of sp³-hybridized carbons (Fsp3) is 0.400. The molecule has 1 aromatic heterocycles. The molecule has 0 fully saturated rings. The summed E-state index contributed by atoms with van der Waals surface area (Å²) in [6.45, 7) is 0. The zero-order valence-corrected chi connectivity index (χ0v) is 15.6. The minimum absolute atomic E-state index is 0.0346. The normalized spacial score (nSPS) is 17.7. The molecule has 1 aliphatic carbocycles. The highest BCUT2D eigenvalue weighted by atomic mass is 127. The van der Waals surface area contributed by atoms with Gasteiger partial charge in [0.1, 0.15) is 5.75 Å². The molecule has 6 nitrogen and oxygen atoms in total. The van der Waals surface area contributed by atoms with Crippen molar-refractivity contribution in [2.75, 3.05) is 11.0 Å². The number of hydrogen-bond donors (Lipinski definition) is 2. The summed E-state index contributed by atoms with van der Waals surface area (Å²) in [5, 5.41) is 10.1. The Bertz CT molecular complexity index is 832. The highest BCUT2D eigenvalue weighted by Gasteiger charge is 2.27. The lowest BCUT2D eigenvalue weighted by molar-refractivity contribution is 0.475. The number of benzene rings is 1. The number of anilines is 1. The Morgan fingerprint density at radius 2 is 2.26 bits per heavy atom. The minimum Gasteiger partial charge on any atom is -0.506 e. The first-order valence-corrected chi connectivity index (χ1v) is 10.7. The lowest BCUT2D eigenvalue weighted by Crippen LogP contribution is -2.17. The second-order valence-electron chi connectivity index (χ2n) is 5.78. The monoisotopic (exact) mass is 447 g/mol. The van der Waals surface area contributed by atoms with Crippen LogP contribution in [0.5, 0.6) is 5.75 Å². The van der Waals surface area contributed by atoms with Crippen LogP contribution in [0.3, 0.4) is 0 Å². The Morgan fingerprint density at radius 3 is 2.91 bits per heavy atom. The van der Waals surface area contributed by atoms with E-state index in [0.717, 1.165) is 46.9 Å². The molecule has 0 saturated heterocycles. The van der Waals surface area contributed by atoms with Crippen molar-refractivity contribution in [3.8, 4) is 5.75 Å². The van der Waals surface area contributed by atoms with Crippen LogP contribution in [-0.2, 0) is 21.0 Å². The van der Waals surface area contributed by atoms with Gasteiger partial charge in [-0.1, -0.05) is 28.7 Å². The Hall–Kier alpha value is -1.29. The molecule has 1 atom stereocenters. The summed E-state index contributed by atoms with van der Waals surface area (Å²) in [6.07, 6.45) is 7.57. The van der Waals surface area contributed by atoms with Gasteiger partial charge in [0.15, 0.2) is 0 Å². The third kappa shape index (κ3) is 3.47. The van der Waals surface area contributed by atoms with Crippen LogP contribution in [0.1, 0.15) is 35.6 Å². The first kappa shape index (κ1) is 16.6. The molecule has 2 aromatic rings. The van der Waals surface area contributed by atoms with E-state index < -0.39 is 10.0 Å². The molecule has 23 heavy (non-hydrogen) atoms. The first-order valence-electron chi connectivity index (χ1n) is 7.29. The predicted octanol–water partition coefficient (Wildman–Crippen LogP) is 2.82. The fourth-order valence-electron chi connectivity index (χ4n) is 3.12. The molecule has 3 rings (SSSR count). The van der Waals surface area contributed by atoms with Crippen molar-refractivity contribution in [3.63, 3.8) is 0 Å². The molecule has 0 saturated carbocycles. The van der Waals surface area contributed by atoms with Gasteiger partial charge in [0.25, 0.3) is 0 Å². The van der Waals surface area contributed by atoms with E-state index in [9.17, 15) is 13.5 Å². The van der Waals surface area contributed by atoms with Crippen LogP contribution in [0.4, 0.5) is 5.69 Å². The van der Waals surface area contributed by atoms with E-state index in [0.29, 0.717) is 5.69 Å². The number of sulfonamides is 1. The number of nitrogens with one attached hydrogen (secondary N) is 1. The van der Waals surface area contributed by atoms with Gasteiger partial charge in [0.05, 0.1) is 28.5 Å². The molecule has 1 aliphatic rings. The molecule has 1 aromatic carbocycles. The third-order valence-corrected chi connectivity index (χ3v) is 5.42. The van der Waals surface area contributed by atoms with E-state index in [2.05, 4.69) is 32.3 Å². The molecule has 1 unspecified atom stereocenters. The molecular weight excluding hydrogens is 429 g/mol. The molecular formula is C15H18IN3O3S. The van der Waals surface area contributed by atoms with Gasteiger partial charge in [-0.25, -0.2) is 13.4 Å². The van der Waals surface area contributed by atoms with E-state index in [1.165, 1.54) is 0 Å². The molecule has 8 heteroatoms. The number of fused-ring (bicyclic) bond motifs is 1. The van der Waals surface area contributed by atoms with Gasteiger partial charge in [0.2, 0.25) is 10.0 Å². The van der Waals surface area contributed by atoms with Crippen molar-refractivity contribution >= 4 is 38.3 Å². The van der Waals surface area contributed by atoms with Crippen LogP contribution in [-0.4, -0.2) is 29.3 Å². The second-order valence-corrected chi connectivity index (χ2v) is 8.21. The summed E-state index contributed by atoms with van der Waals surface area (Å²) in [4.78, 5) is 4.49. The first-order chi connectivity index (χ1) is 10.9. The van der Waals surface area contributed by atoms with E-state index in [4.69, 9.17) is 0 Å². The van der Waals surface area contributed by atoms with Crippen molar-refractivity contribution in [2.45, 2.75) is 29.7 Å². The van der Waals surface area contributed by atoms with Crippen LogP contribution in [0.25, 0.3) is 0 Å². The predicted molar refractivity (Wildman–Crippen MR) is 97.6 cm³/mol. The standard InChI is InChI=1S/C15H18IN3O3S/c1-23(21,22)18-15-12-4-2-3-11(10(12)5-6-14(15)20)13-7-19(8-16)9-17-13/h5-7,9,11,18,20H,2-4,8H2,1H3. The van der Waals surface area contributed by atoms with Gasteiger partial charge in [-0.2, -0.15) is 0 Å². The highest BCUT2D eigenvalue weighted by Crippen LogP contribution is 2.42. The molecule has 124 valence electrons. The molecule has 0 spiro atoms. The number of rotatable bonds is 4. The van der Waals surface area contributed by atoms with Crippen molar-refractivity contribution in [1.29, 1.82) is 0 Å². The molecule has 2 N–H and O–H groups in total. The van der Waals surface area contributed by atoms with E-state index in [1.807, 2.05) is 23.2 Å². The zero-order valence-electron chi connectivity index (χ0n) is 12.7. The van der Waals surface area contributed by atoms with Crippen LogP contribution in [0.2, 0.25) is 0 Å². The Kier molecular flexibility index (Phi) is 4.54. The highest BCUT2D eigenvalue weighted by molar-refractivity contribution is 14.1. The number of aromatic nitrogens is 2. The van der Waals surface area contributed by atoms with Gasteiger partial charge in [-0.05, 0) is 36.5 Å². The van der Waals surface area contributed by atoms with Crippen molar-refractivity contribution in [3.05, 3.63) is 41.5 Å². The lowest BCUT2D eigenvalue weighted by atomic mass is 9.80. The maximum atomic E-state index is 11.6. The van der Waals surface area contributed by atoms with Crippen molar-refractivity contribution in [1.82, 2.24) is 9.55 Å². The molecule has 0 amide bonds. The van der Waals surface area contributed by atoms with Gasteiger partial charge < -0.3 is 9.67 Å². The molecule has 0 aliphatic heterocycles. The number of alkyl halides is 1. The van der Waals surface area contributed by atoms with Crippen LogP contribution in [0, 0.1) is 0 Å². The van der Waals surface area contributed by atoms with Gasteiger partial charge in [-0.3, -0.25) is 4.72 Å². The van der Waals surface area contributed by atoms with E-state index in [-0.39, 0.29) is 11.7 Å². The number of phenols is 1. The SMILES string of the molecule is CS(=O)(=O)Nc1c(O)ccc2c1CCCC2c1cn(CI)cn1. The van der Waals surface area contributed by atoms with Gasteiger partial charge in [-0.15, -0.1) is 0 Å². The lowest BCUT2D eigenvalue weighted by Gasteiger charge is -2.27. The molecule has 1 heterocycles. The van der Waals surface area contributed by atoms with Gasteiger partial charge in [0, 0.05) is 12.1 Å². The minimum atomic E-state index is -3.45. The number of phenolic OH excluding ortho intramolecular Hbond substituents is 1. The maximum absolute atomic E-state index is 11.6. The number of imidazole rings is 1. The second kappa shape index (κ2) is 6.31. The fourth-order valence-corrected chi connectivity index (χ4v) is 4.09. The number of aromatic hydroxyl groups is 1. The smallest absolute Gasteiger partial charge is 0.229 e.